The van der Waals surface area contributed by atoms with Crippen molar-refractivity contribution in [3.05, 3.63) is 0 Å². The van der Waals surface area contributed by atoms with Gasteiger partial charge in [-0.25, -0.2) is 4.79 Å². The van der Waals surface area contributed by atoms with E-state index in [2.05, 4.69) is 12.2 Å². The second-order valence-corrected chi connectivity index (χ2v) is 6.23. The highest BCUT2D eigenvalue weighted by Crippen LogP contribution is 2.26. The first-order valence-corrected chi connectivity index (χ1v) is 7.90. The summed E-state index contributed by atoms with van der Waals surface area (Å²) in [5.41, 5.74) is 0. The summed E-state index contributed by atoms with van der Waals surface area (Å²) in [4.78, 5) is 14.1. The van der Waals surface area contributed by atoms with Crippen molar-refractivity contribution in [3.63, 3.8) is 0 Å². The van der Waals surface area contributed by atoms with Crippen LogP contribution in [0.2, 0.25) is 0 Å². The van der Waals surface area contributed by atoms with Gasteiger partial charge < -0.3 is 19.7 Å². The molecule has 0 aliphatic carbocycles. The van der Waals surface area contributed by atoms with E-state index in [1.807, 2.05) is 11.8 Å². The van der Waals surface area contributed by atoms with Crippen molar-refractivity contribution in [2.24, 2.45) is 5.92 Å². The summed E-state index contributed by atoms with van der Waals surface area (Å²) >= 11 is 0. The van der Waals surface area contributed by atoms with Gasteiger partial charge in [0.1, 0.15) is 0 Å². The zero-order valence-corrected chi connectivity index (χ0v) is 12.8. The van der Waals surface area contributed by atoms with E-state index in [0.29, 0.717) is 25.7 Å². The molecule has 2 fully saturated rings. The van der Waals surface area contributed by atoms with Crippen LogP contribution in [-0.4, -0.2) is 49.6 Å². The van der Waals surface area contributed by atoms with Crippen LogP contribution in [-0.2, 0) is 9.47 Å². The average Bonchev–Trinajstić information content (AvgIpc) is 2.68. The van der Waals surface area contributed by atoms with Crippen molar-refractivity contribution >= 4 is 6.03 Å². The van der Waals surface area contributed by atoms with Crippen molar-refractivity contribution in [1.29, 1.82) is 0 Å². The highest BCUT2D eigenvalue weighted by molar-refractivity contribution is 5.74. The molecule has 2 amide bonds. The molecule has 0 saturated carbocycles. The van der Waals surface area contributed by atoms with Crippen LogP contribution in [0.1, 0.15) is 46.0 Å². The summed E-state index contributed by atoms with van der Waals surface area (Å²) in [6.07, 6.45) is 5.55. The average molecular weight is 284 g/mol. The van der Waals surface area contributed by atoms with Gasteiger partial charge in [0, 0.05) is 26.1 Å². The Morgan fingerprint density at radius 1 is 1.20 bits per heavy atom. The molecule has 1 N–H and O–H groups in total. The standard InChI is InChI=1S/C15H28N2O3/c1-13(11-15(2)19-9-10-20-15)12-16-14(18)17-7-5-3-4-6-8-17/h13H,3-12H2,1-2H3,(H,16,18). The van der Waals surface area contributed by atoms with Crippen molar-refractivity contribution in [3.8, 4) is 0 Å². The van der Waals surface area contributed by atoms with Gasteiger partial charge in [0.15, 0.2) is 5.79 Å². The zero-order valence-electron chi connectivity index (χ0n) is 12.8. The molecule has 116 valence electrons. The van der Waals surface area contributed by atoms with Crippen molar-refractivity contribution in [1.82, 2.24) is 10.2 Å². The normalized spacial score (nSPS) is 24.2. The Balaban J connectivity index is 1.69. The molecule has 1 unspecified atom stereocenters. The van der Waals surface area contributed by atoms with E-state index < -0.39 is 5.79 Å². The van der Waals surface area contributed by atoms with E-state index in [0.717, 1.165) is 32.4 Å². The predicted molar refractivity (Wildman–Crippen MR) is 77.5 cm³/mol. The molecule has 0 radical (unpaired) electrons. The van der Waals surface area contributed by atoms with Crippen LogP contribution in [0.5, 0.6) is 0 Å². The highest BCUT2D eigenvalue weighted by atomic mass is 16.7. The van der Waals surface area contributed by atoms with E-state index in [1.54, 1.807) is 0 Å². The van der Waals surface area contributed by atoms with Crippen LogP contribution in [0, 0.1) is 5.92 Å². The molecule has 5 heteroatoms. The largest absolute Gasteiger partial charge is 0.348 e. The smallest absolute Gasteiger partial charge is 0.317 e. The van der Waals surface area contributed by atoms with Gasteiger partial charge in [-0.15, -0.1) is 0 Å². The monoisotopic (exact) mass is 284 g/mol. The van der Waals surface area contributed by atoms with E-state index in [-0.39, 0.29) is 6.03 Å². The van der Waals surface area contributed by atoms with Crippen molar-refractivity contribution in [2.75, 3.05) is 32.8 Å². The minimum atomic E-state index is -0.466. The first-order chi connectivity index (χ1) is 9.59. The summed E-state index contributed by atoms with van der Waals surface area (Å²) in [6.45, 7) is 7.91. The molecule has 1 atom stereocenters. The Hall–Kier alpha value is -0.810. The number of hydrogen-bond donors (Lipinski definition) is 1. The second kappa shape index (κ2) is 7.27. The number of amides is 2. The third-order valence-electron chi connectivity index (χ3n) is 4.11. The summed E-state index contributed by atoms with van der Waals surface area (Å²) < 4.78 is 11.2. The molecule has 0 aromatic heterocycles. The molecule has 5 nitrogen and oxygen atoms in total. The quantitative estimate of drug-likeness (QED) is 0.862. The lowest BCUT2D eigenvalue weighted by atomic mass is 10.0. The first-order valence-electron chi connectivity index (χ1n) is 7.90. The molecule has 0 aromatic rings. The molecule has 0 bridgehead atoms. The summed E-state index contributed by atoms with van der Waals surface area (Å²) in [5, 5.41) is 3.05. The number of nitrogens with zero attached hydrogens (tertiary/aromatic N) is 1. The third kappa shape index (κ3) is 4.63. The molecule has 2 heterocycles. The van der Waals surface area contributed by atoms with Gasteiger partial charge in [-0.3, -0.25) is 0 Å². The van der Waals surface area contributed by atoms with Crippen LogP contribution in [0.15, 0.2) is 0 Å². The molecule has 2 aliphatic heterocycles. The van der Waals surface area contributed by atoms with Gasteiger partial charge in [0.2, 0.25) is 0 Å². The highest BCUT2D eigenvalue weighted by Gasteiger charge is 2.32. The van der Waals surface area contributed by atoms with Crippen LogP contribution in [0.4, 0.5) is 4.79 Å². The summed E-state index contributed by atoms with van der Waals surface area (Å²) in [6, 6.07) is 0.0807. The Morgan fingerprint density at radius 3 is 2.40 bits per heavy atom. The lowest BCUT2D eigenvalue weighted by Crippen LogP contribution is -2.43. The van der Waals surface area contributed by atoms with Crippen LogP contribution in [0.3, 0.4) is 0 Å². The minimum absolute atomic E-state index is 0.0807. The lowest BCUT2D eigenvalue weighted by Gasteiger charge is -2.27. The number of nitrogens with one attached hydrogen (secondary N) is 1. The van der Waals surface area contributed by atoms with E-state index in [9.17, 15) is 4.79 Å². The molecular weight excluding hydrogens is 256 g/mol. The molecule has 0 spiro atoms. The number of rotatable bonds is 4. The van der Waals surface area contributed by atoms with Gasteiger partial charge in [0.05, 0.1) is 13.2 Å². The topological polar surface area (TPSA) is 50.8 Å². The van der Waals surface area contributed by atoms with E-state index in [1.165, 1.54) is 12.8 Å². The van der Waals surface area contributed by atoms with Crippen LogP contribution < -0.4 is 5.32 Å². The third-order valence-corrected chi connectivity index (χ3v) is 4.11. The molecule has 2 aliphatic rings. The summed E-state index contributed by atoms with van der Waals surface area (Å²) in [5.74, 6) is -0.124. The van der Waals surface area contributed by atoms with Gasteiger partial charge in [-0.2, -0.15) is 0 Å². The fraction of sp³-hybridized carbons (Fsp3) is 0.933. The summed E-state index contributed by atoms with van der Waals surface area (Å²) in [7, 11) is 0. The molecule has 2 saturated heterocycles. The van der Waals surface area contributed by atoms with Crippen LogP contribution >= 0.6 is 0 Å². The van der Waals surface area contributed by atoms with Gasteiger partial charge in [0.25, 0.3) is 0 Å². The van der Waals surface area contributed by atoms with Gasteiger partial charge in [-0.05, 0) is 25.7 Å². The van der Waals surface area contributed by atoms with E-state index >= 15 is 0 Å². The number of urea groups is 1. The lowest BCUT2D eigenvalue weighted by molar-refractivity contribution is -0.153. The maximum absolute atomic E-state index is 12.1. The SMILES string of the molecule is CC(CNC(=O)N1CCCCCC1)CC1(C)OCCO1. The maximum Gasteiger partial charge on any atom is 0.317 e. The Labute approximate surface area is 122 Å². The Morgan fingerprint density at radius 2 is 1.80 bits per heavy atom. The maximum atomic E-state index is 12.1. The van der Waals surface area contributed by atoms with E-state index in [4.69, 9.17) is 9.47 Å². The minimum Gasteiger partial charge on any atom is -0.348 e. The van der Waals surface area contributed by atoms with Crippen molar-refractivity contribution in [2.45, 2.75) is 51.7 Å². The number of ether oxygens (including phenoxy) is 2. The Bertz CT molecular complexity index is 308. The Kier molecular flexibility index (Phi) is 5.66. The molecule has 20 heavy (non-hydrogen) atoms. The number of likely N-dealkylation sites (tertiary alicyclic amines) is 1. The number of carbonyl (C=O) groups excluding carboxylic acids is 1. The molecular formula is C15H28N2O3. The zero-order chi connectivity index (χ0) is 14.4. The fourth-order valence-electron chi connectivity index (χ4n) is 3.03. The number of hydrogen-bond acceptors (Lipinski definition) is 3. The van der Waals surface area contributed by atoms with Crippen molar-refractivity contribution < 1.29 is 14.3 Å². The molecule has 0 aromatic carbocycles. The fourth-order valence-corrected chi connectivity index (χ4v) is 3.03. The first kappa shape index (κ1) is 15.6. The second-order valence-electron chi connectivity index (χ2n) is 6.23. The van der Waals surface area contributed by atoms with Crippen LogP contribution in [0.25, 0.3) is 0 Å². The predicted octanol–water partition coefficient (Wildman–Crippen LogP) is 2.36. The van der Waals surface area contributed by atoms with Gasteiger partial charge >= 0.3 is 6.03 Å². The number of carbonyl (C=O) groups is 1. The van der Waals surface area contributed by atoms with Gasteiger partial charge in [-0.1, -0.05) is 19.8 Å². The molecule has 2 rings (SSSR count).